The van der Waals surface area contributed by atoms with Crippen LogP contribution in [-0.4, -0.2) is 50.6 Å². The summed E-state index contributed by atoms with van der Waals surface area (Å²) in [4.78, 5) is 26.2. The minimum atomic E-state index is -1.09. The van der Waals surface area contributed by atoms with Gasteiger partial charge in [-0.1, -0.05) is 81.4 Å². The van der Waals surface area contributed by atoms with E-state index in [4.69, 9.17) is 28.4 Å². The molecule has 2 heterocycles. The maximum atomic E-state index is 13.2. The zero-order valence-corrected chi connectivity index (χ0v) is 34.5. The van der Waals surface area contributed by atoms with Crippen LogP contribution in [0.3, 0.4) is 0 Å². The number of methoxy groups -OCH3 is 2. The summed E-state index contributed by atoms with van der Waals surface area (Å²) < 4.78 is 37.8. The van der Waals surface area contributed by atoms with Crippen molar-refractivity contribution in [3.63, 3.8) is 0 Å². The first kappa shape index (κ1) is 38.5. The minimum Gasteiger partial charge on any atom is -0.485 e. The number of hydrogen-bond acceptors (Lipinski definition) is 10. The average molecular weight is 805 g/mol. The molecule has 4 aromatic carbocycles. The number of carbonyl (C=O) groups is 2. The van der Waals surface area contributed by atoms with Crippen molar-refractivity contribution in [2.75, 3.05) is 14.2 Å². The highest BCUT2D eigenvalue weighted by Crippen LogP contribution is 2.65. The standard InChI is InChI=1S/C50H48N2O8/c1-27-37-22-50(26-52)39(27)45(60-47(50)54)43(37)58-41-32(24-56-5)17-34(20-36(41)29-14-10-7-11-15-29)48(2,3)33-16-31(23-55-4)40(35(19-33)28-12-8-6-9-13-28)57-42-30-18-38-44(42)59-46(53)49(38,21-30)25-51/h6-17,19-20,27,30,37-39,42-45H,18,21-24H2,1-5H3/t27-,30?,37?,38?,39?,42?,43?,44?,45?,49?,50?/m1/s1. The van der Waals surface area contributed by atoms with Gasteiger partial charge in [0.05, 0.1) is 25.4 Å². The smallest absolute Gasteiger partial charge is 0.327 e. The second-order valence-electron chi connectivity index (χ2n) is 18.4. The summed E-state index contributed by atoms with van der Waals surface area (Å²) in [5.74, 6) is 0.274. The van der Waals surface area contributed by atoms with Gasteiger partial charge in [0.2, 0.25) is 0 Å². The molecule has 10 heteroatoms. The lowest BCUT2D eigenvalue weighted by Gasteiger charge is -2.33. The van der Waals surface area contributed by atoms with Crippen molar-refractivity contribution in [2.45, 2.75) is 83.1 Å². The molecule has 10 nitrogen and oxygen atoms in total. The summed E-state index contributed by atoms with van der Waals surface area (Å²) >= 11 is 0. The highest BCUT2D eigenvalue weighted by Gasteiger charge is 2.75. The lowest BCUT2D eigenvalue weighted by molar-refractivity contribution is -0.148. The summed E-state index contributed by atoms with van der Waals surface area (Å²) in [7, 11) is 3.35. The van der Waals surface area contributed by atoms with Gasteiger partial charge < -0.3 is 28.4 Å². The molecule has 0 aromatic heterocycles. The van der Waals surface area contributed by atoms with E-state index in [0.717, 1.165) is 50.9 Å². The Labute approximate surface area is 350 Å². The van der Waals surface area contributed by atoms with Crippen LogP contribution < -0.4 is 9.47 Å². The molecule has 4 bridgehead atoms. The third-order valence-electron chi connectivity index (χ3n) is 15.1. The van der Waals surface area contributed by atoms with Crippen molar-refractivity contribution in [1.82, 2.24) is 0 Å². The highest BCUT2D eigenvalue weighted by molar-refractivity contribution is 5.85. The Balaban J connectivity index is 1.08. The third kappa shape index (κ3) is 5.36. The average Bonchev–Trinajstić information content (AvgIpc) is 4.04. The normalized spacial score (nSPS) is 32.8. The summed E-state index contributed by atoms with van der Waals surface area (Å²) in [6.45, 7) is 7.10. The highest BCUT2D eigenvalue weighted by atomic mass is 16.6. The topological polar surface area (TPSA) is 137 Å². The zero-order valence-electron chi connectivity index (χ0n) is 34.5. The van der Waals surface area contributed by atoms with E-state index in [1.807, 2.05) is 36.4 Å². The minimum absolute atomic E-state index is 0.00778. The summed E-state index contributed by atoms with van der Waals surface area (Å²) in [6.07, 6.45) is -0.138. The molecule has 4 aromatic rings. The first-order valence-electron chi connectivity index (χ1n) is 21.0. The van der Waals surface area contributed by atoms with Gasteiger partial charge in [-0.25, -0.2) is 0 Å². The Morgan fingerprint density at radius 2 is 1.23 bits per heavy atom. The van der Waals surface area contributed by atoms with Crippen molar-refractivity contribution in [3.8, 4) is 45.9 Å². The zero-order chi connectivity index (χ0) is 41.7. The molecule has 10 unspecified atom stereocenters. The van der Waals surface area contributed by atoms with E-state index in [1.165, 1.54) is 0 Å². The van der Waals surface area contributed by atoms with Gasteiger partial charge in [-0.15, -0.1) is 0 Å². The first-order valence-corrected chi connectivity index (χ1v) is 21.0. The second kappa shape index (κ2) is 13.9. The van der Waals surface area contributed by atoms with Crippen molar-refractivity contribution in [2.24, 2.45) is 40.4 Å². The van der Waals surface area contributed by atoms with Crippen LogP contribution in [0.4, 0.5) is 0 Å². The quantitative estimate of drug-likeness (QED) is 0.129. The van der Waals surface area contributed by atoms with Gasteiger partial charge >= 0.3 is 11.9 Å². The van der Waals surface area contributed by atoms with Crippen molar-refractivity contribution >= 4 is 11.9 Å². The van der Waals surface area contributed by atoms with Gasteiger partial charge in [-0.05, 0) is 71.7 Å². The molecule has 4 saturated carbocycles. The fourth-order valence-corrected chi connectivity index (χ4v) is 12.1. The van der Waals surface area contributed by atoms with Crippen molar-refractivity contribution < 1.29 is 38.0 Å². The van der Waals surface area contributed by atoms with E-state index in [1.54, 1.807) is 14.2 Å². The predicted octanol–water partition coefficient (Wildman–Crippen LogP) is 8.33. The van der Waals surface area contributed by atoms with Crippen LogP contribution >= 0.6 is 0 Å². The van der Waals surface area contributed by atoms with Gasteiger partial charge in [-0.2, -0.15) is 10.5 Å². The van der Waals surface area contributed by atoms with Crippen LogP contribution in [0.2, 0.25) is 0 Å². The number of ether oxygens (including phenoxy) is 6. The molecule has 0 amide bonds. The van der Waals surface area contributed by atoms with E-state index in [2.05, 4.69) is 81.4 Å². The number of benzene rings is 4. The SMILES string of the molecule is COCc1cc(C(C)(C)c2cc(COC)c(OC3C4OC(=O)C5(C#N)CC3[C@@H](C)C45)c(-c3ccccc3)c2)cc(-c2ccccc2)c1OC1C2CC3C1OC(=O)C3(C#N)C2. The van der Waals surface area contributed by atoms with Crippen LogP contribution in [0.15, 0.2) is 84.9 Å². The monoisotopic (exact) mass is 804 g/mol. The van der Waals surface area contributed by atoms with E-state index in [9.17, 15) is 20.1 Å². The van der Waals surface area contributed by atoms with Gasteiger partial charge in [0.25, 0.3) is 0 Å². The number of hydrogen-bond donors (Lipinski definition) is 0. The molecule has 6 fully saturated rings. The Hall–Kier alpha value is -5.68. The van der Waals surface area contributed by atoms with Crippen LogP contribution in [0.5, 0.6) is 11.5 Å². The maximum absolute atomic E-state index is 13.2. The molecule has 11 atom stereocenters. The molecule has 0 radical (unpaired) electrons. The van der Waals surface area contributed by atoms with Crippen LogP contribution in [0, 0.1) is 63.1 Å². The van der Waals surface area contributed by atoms with E-state index in [-0.39, 0.29) is 48.9 Å². The van der Waals surface area contributed by atoms with E-state index < -0.39 is 46.5 Å². The van der Waals surface area contributed by atoms with Gasteiger partial charge in [0, 0.05) is 65.6 Å². The van der Waals surface area contributed by atoms with Gasteiger partial charge in [-0.3, -0.25) is 9.59 Å². The van der Waals surface area contributed by atoms with Crippen LogP contribution in [-0.2, 0) is 47.2 Å². The number of nitrogens with zero attached hydrogens (tertiary/aromatic N) is 2. The van der Waals surface area contributed by atoms with Gasteiger partial charge in [0.1, 0.15) is 35.9 Å². The Kier molecular flexibility index (Phi) is 8.95. The summed E-state index contributed by atoms with van der Waals surface area (Å²) in [6, 6.07) is 33.7. The fraction of sp³-hybridized carbons (Fsp3) is 0.440. The Morgan fingerprint density at radius 1 is 0.717 bits per heavy atom. The molecule has 2 aliphatic heterocycles. The van der Waals surface area contributed by atoms with E-state index in [0.29, 0.717) is 24.3 Å². The number of nitriles is 2. The van der Waals surface area contributed by atoms with Crippen LogP contribution in [0.1, 0.15) is 62.3 Å². The lowest BCUT2D eigenvalue weighted by atomic mass is 9.74. The van der Waals surface area contributed by atoms with Gasteiger partial charge in [0.15, 0.2) is 10.8 Å². The lowest BCUT2D eigenvalue weighted by Crippen LogP contribution is -2.40. The number of carbonyl (C=O) groups excluding carboxylic acids is 2. The molecule has 2 saturated heterocycles. The fourth-order valence-electron chi connectivity index (χ4n) is 12.1. The molecule has 306 valence electrons. The van der Waals surface area contributed by atoms with Crippen molar-refractivity contribution in [3.05, 3.63) is 107 Å². The van der Waals surface area contributed by atoms with Crippen LogP contribution in [0.25, 0.3) is 22.3 Å². The second-order valence-corrected chi connectivity index (χ2v) is 18.4. The molecule has 0 N–H and O–H groups in total. The molecule has 10 rings (SSSR count). The molecule has 4 aliphatic carbocycles. The molecule has 0 spiro atoms. The molecular weight excluding hydrogens is 757 g/mol. The number of esters is 2. The molecule has 60 heavy (non-hydrogen) atoms. The summed E-state index contributed by atoms with van der Waals surface area (Å²) in [5.41, 5.74) is 4.81. The number of rotatable bonds is 12. The third-order valence-corrected chi connectivity index (χ3v) is 15.1. The first-order chi connectivity index (χ1) is 29.0. The summed E-state index contributed by atoms with van der Waals surface area (Å²) in [5, 5.41) is 20.2. The van der Waals surface area contributed by atoms with E-state index >= 15 is 0 Å². The van der Waals surface area contributed by atoms with Crippen molar-refractivity contribution in [1.29, 1.82) is 10.5 Å². The Bertz CT molecular complexity index is 2490. The molecular formula is C50H48N2O8. The molecule has 6 aliphatic rings. The number of fused-ring (bicyclic) bond motifs is 2. The Morgan fingerprint density at radius 3 is 1.77 bits per heavy atom. The maximum Gasteiger partial charge on any atom is 0.327 e. The largest absolute Gasteiger partial charge is 0.485 e. The predicted molar refractivity (Wildman–Crippen MR) is 219 cm³/mol.